The van der Waals surface area contributed by atoms with Gasteiger partial charge in [0.25, 0.3) is 0 Å². The van der Waals surface area contributed by atoms with Gasteiger partial charge in [0, 0.05) is 17.3 Å². The van der Waals surface area contributed by atoms with Gasteiger partial charge in [0.1, 0.15) is 5.15 Å². The largest absolute Gasteiger partial charge is 0.330 e. The summed E-state index contributed by atoms with van der Waals surface area (Å²) in [6, 6.07) is 6.38. The van der Waals surface area contributed by atoms with Gasteiger partial charge in [-0.2, -0.15) is 5.10 Å². The van der Waals surface area contributed by atoms with Crippen molar-refractivity contribution in [2.45, 2.75) is 37.5 Å². The normalized spacial score (nSPS) is 19.2. The first-order valence-electron chi connectivity index (χ1n) is 6.59. The van der Waals surface area contributed by atoms with E-state index in [4.69, 9.17) is 17.3 Å². The Morgan fingerprint density at radius 2 is 2.06 bits per heavy atom. The molecule has 1 aliphatic carbocycles. The Morgan fingerprint density at radius 3 is 2.78 bits per heavy atom. The van der Waals surface area contributed by atoms with Gasteiger partial charge in [0.15, 0.2) is 0 Å². The standard InChI is InChI=1S/C14H18ClN3/c15-13-11-5-4-10(8-12(11)17-18-13)14(9-16)6-2-1-3-7-14/h4-5,8H,1-3,6-7,9,16H2,(H,17,18). The molecule has 2 aromatic rings. The number of hydrogen-bond acceptors (Lipinski definition) is 2. The zero-order chi connectivity index (χ0) is 12.6. The van der Waals surface area contributed by atoms with Crippen molar-refractivity contribution in [1.29, 1.82) is 0 Å². The van der Waals surface area contributed by atoms with Crippen LogP contribution in [0.4, 0.5) is 0 Å². The van der Waals surface area contributed by atoms with Crippen molar-refractivity contribution < 1.29 is 0 Å². The van der Waals surface area contributed by atoms with Crippen LogP contribution in [0.2, 0.25) is 5.15 Å². The van der Waals surface area contributed by atoms with Gasteiger partial charge < -0.3 is 5.73 Å². The van der Waals surface area contributed by atoms with Crippen LogP contribution in [0, 0.1) is 0 Å². The lowest BCUT2D eigenvalue weighted by atomic mass is 9.69. The lowest BCUT2D eigenvalue weighted by molar-refractivity contribution is 0.301. The van der Waals surface area contributed by atoms with E-state index in [0.717, 1.165) is 17.4 Å². The summed E-state index contributed by atoms with van der Waals surface area (Å²) in [7, 11) is 0. The number of benzene rings is 1. The van der Waals surface area contributed by atoms with E-state index in [1.807, 2.05) is 0 Å². The van der Waals surface area contributed by atoms with E-state index in [9.17, 15) is 0 Å². The maximum atomic E-state index is 6.07. The van der Waals surface area contributed by atoms with Gasteiger partial charge in [-0.25, -0.2) is 0 Å². The second kappa shape index (κ2) is 4.56. The van der Waals surface area contributed by atoms with Crippen molar-refractivity contribution in [1.82, 2.24) is 10.2 Å². The summed E-state index contributed by atoms with van der Waals surface area (Å²) in [6.07, 6.45) is 6.26. The third-order valence-electron chi connectivity index (χ3n) is 4.32. The minimum absolute atomic E-state index is 0.151. The fraction of sp³-hybridized carbons (Fsp3) is 0.500. The second-order valence-electron chi connectivity index (χ2n) is 5.31. The summed E-state index contributed by atoms with van der Waals surface area (Å²) in [6.45, 7) is 0.719. The molecule has 1 heterocycles. The van der Waals surface area contributed by atoms with Gasteiger partial charge >= 0.3 is 0 Å². The third-order valence-corrected chi connectivity index (χ3v) is 4.61. The molecule has 0 aliphatic heterocycles. The first kappa shape index (κ1) is 12.0. The quantitative estimate of drug-likeness (QED) is 0.873. The smallest absolute Gasteiger partial charge is 0.132 e. The van der Waals surface area contributed by atoms with E-state index in [-0.39, 0.29) is 5.41 Å². The minimum atomic E-state index is 0.151. The lowest BCUT2D eigenvalue weighted by Gasteiger charge is -2.36. The van der Waals surface area contributed by atoms with Crippen LogP contribution < -0.4 is 5.73 Å². The van der Waals surface area contributed by atoms with E-state index in [1.54, 1.807) is 0 Å². The van der Waals surface area contributed by atoms with E-state index < -0.39 is 0 Å². The Morgan fingerprint density at radius 1 is 1.28 bits per heavy atom. The molecule has 0 spiro atoms. The van der Waals surface area contributed by atoms with Crippen LogP contribution in [0.3, 0.4) is 0 Å². The zero-order valence-corrected chi connectivity index (χ0v) is 11.1. The van der Waals surface area contributed by atoms with Crippen molar-refractivity contribution in [2.75, 3.05) is 6.54 Å². The van der Waals surface area contributed by atoms with E-state index in [0.29, 0.717) is 5.15 Å². The van der Waals surface area contributed by atoms with E-state index in [1.165, 1.54) is 37.7 Å². The predicted molar refractivity (Wildman–Crippen MR) is 74.9 cm³/mol. The van der Waals surface area contributed by atoms with Crippen molar-refractivity contribution in [3.05, 3.63) is 28.9 Å². The molecule has 0 unspecified atom stereocenters. The van der Waals surface area contributed by atoms with Crippen molar-refractivity contribution in [3.8, 4) is 0 Å². The fourth-order valence-electron chi connectivity index (χ4n) is 3.15. The number of nitrogens with zero attached hydrogens (tertiary/aromatic N) is 1. The average molecular weight is 264 g/mol. The first-order valence-corrected chi connectivity index (χ1v) is 6.97. The van der Waals surface area contributed by atoms with Crippen LogP contribution in [0.15, 0.2) is 18.2 Å². The minimum Gasteiger partial charge on any atom is -0.330 e. The number of fused-ring (bicyclic) bond motifs is 1. The van der Waals surface area contributed by atoms with Crippen LogP contribution in [-0.2, 0) is 5.41 Å². The summed E-state index contributed by atoms with van der Waals surface area (Å²) in [4.78, 5) is 0. The molecule has 0 bridgehead atoms. The molecular weight excluding hydrogens is 246 g/mol. The molecule has 0 atom stereocenters. The molecule has 0 radical (unpaired) electrons. The van der Waals surface area contributed by atoms with Gasteiger partial charge in [0.2, 0.25) is 0 Å². The number of rotatable bonds is 2. The molecule has 4 heteroatoms. The highest BCUT2D eigenvalue weighted by Gasteiger charge is 2.32. The number of nitrogens with two attached hydrogens (primary N) is 1. The SMILES string of the molecule is NCC1(c2ccc3c(Cl)[nH]nc3c2)CCCCC1. The Bertz CT molecular complexity index is 555. The van der Waals surface area contributed by atoms with Crippen LogP contribution in [0.25, 0.3) is 10.9 Å². The second-order valence-corrected chi connectivity index (χ2v) is 5.69. The molecule has 3 nitrogen and oxygen atoms in total. The molecule has 1 aromatic carbocycles. The molecule has 3 rings (SSSR count). The van der Waals surface area contributed by atoms with Crippen molar-refractivity contribution >= 4 is 22.5 Å². The third kappa shape index (κ3) is 1.82. The van der Waals surface area contributed by atoms with Crippen molar-refractivity contribution in [3.63, 3.8) is 0 Å². The molecule has 18 heavy (non-hydrogen) atoms. The number of halogens is 1. The Hall–Kier alpha value is -1.06. The van der Waals surface area contributed by atoms with Crippen LogP contribution in [0.1, 0.15) is 37.7 Å². The molecule has 1 aromatic heterocycles. The Labute approximate surface area is 112 Å². The highest BCUT2D eigenvalue weighted by atomic mass is 35.5. The number of hydrogen-bond donors (Lipinski definition) is 2. The monoisotopic (exact) mass is 263 g/mol. The summed E-state index contributed by atoms with van der Waals surface area (Å²) in [5.41, 5.74) is 8.48. The average Bonchev–Trinajstić information content (AvgIpc) is 2.81. The van der Waals surface area contributed by atoms with Crippen LogP contribution in [0.5, 0.6) is 0 Å². The van der Waals surface area contributed by atoms with Crippen LogP contribution >= 0.6 is 11.6 Å². The number of aromatic amines is 1. The summed E-state index contributed by atoms with van der Waals surface area (Å²) < 4.78 is 0. The fourth-order valence-corrected chi connectivity index (χ4v) is 3.35. The summed E-state index contributed by atoms with van der Waals surface area (Å²) in [5.74, 6) is 0. The number of aromatic nitrogens is 2. The molecule has 0 amide bonds. The summed E-state index contributed by atoms with van der Waals surface area (Å²) >= 11 is 6.04. The molecule has 1 fully saturated rings. The Kier molecular flexibility index (Phi) is 3.04. The topological polar surface area (TPSA) is 54.7 Å². The maximum Gasteiger partial charge on any atom is 0.132 e. The molecule has 0 saturated heterocycles. The molecule has 96 valence electrons. The lowest BCUT2D eigenvalue weighted by Crippen LogP contribution is -2.37. The van der Waals surface area contributed by atoms with Gasteiger partial charge in [-0.1, -0.05) is 36.9 Å². The predicted octanol–water partition coefficient (Wildman–Crippen LogP) is 3.38. The van der Waals surface area contributed by atoms with E-state index in [2.05, 4.69) is 28.4 Å². The molecule has 1 aliphatic rings. The maximum absolute atomic E-state index is 6.07. The van der Waals surface area contributed by atoms with Gasteiger partial charge in [-0.3, -0.25) is 5.10 Å². The van der Waals surface area contributed by atoms with Gasteiger partial charge in [-0.15, -0.1) is 0 Å². The van der Waals surface area contributed by atoms with Crippen LogP contribution in [-0.4, -0.2) is 16.7 Å². The van der Waals surface area contributed by atoms with Gasteiger partial charge in [0.05, 0.1) is 5.52 Å². The highest BCUT2D eigenvalue weighted by molar-refractivity contribution is 6.34. The summed E-state index contributed by atoms with van der Waals surface area (Å²) in [5, 5.41) is 8.67. The van der Waals surface area contributed by atoms with Crippen molar-refractivity contribution in [2.24, 2.45) is 5.73 Å². The van der Waals surface area contributed by atoms with E-state index >= 15 is 0 Å². The van der Waals surface area contributed by atoms with Gasteiger partial charge in [-0.05, 0) is 30.5 Å². The highest BCUT2D eigenvalue weighted by Crippen LogP contribution is 2.39. The first-order chi connectivity index (χ1) is 8.75. The molecular formula is C14H18ClN3. The number of nitrogens with one attached hydrogen (secondary N) is 1. The zero-order valence-electron chi connectivity index (χ0n) is 10.4. The Balaban J connectivity index is 2.06. The molecule has 1 saturated carbocycles. The molecule has 3 N–H and O–H groups in total. The number of H-pyrrole nitrogens is 1.